The number of rotatable bonds is 0. The van der Waals surface area contributed by atoms with Gasteiger partial charge in [-0.1, -0.05) is 40.2 Å². The highest BCUT2D eigenvalue weighted by Crippen LogP contribution is 2.28. The standard InChI is InChI=1S/C17H15BrN2O3/c1-17(18)9-20-16(23)13-7-11-5-3-2-4-10(11)6-12(13)15(22)19(20)8-14(17)21/h2-7,14,21H,8-9H2,1H3/t14?,17-/m0/s1. The minimum absolute atomic E-state index is 0.0958. The highest BCUT2D eigenvalue weighted by Gasteiger charge is 2.37. The molecule has 0 saturated heterocycles. The molecule has 4 rings (SSSR count). The average Bonchev–Trinajstić information content (AvgIpc) is 2.53. The van der Waals surface area contributed by atoms with Gasteiger partial charge in [-0.25, -0.2) is 9.36 Å². The van der Waals surface area contributed by atoms with Crippen molar-refractivity contribution in [3.05, 3.63) is 57.1 Å². The number of hydrogen-bond acceptors (Lipinski definition) is 3. The summed E-state index contributed by atoms with van der Waals surface area (Å²) in [7, 11) is 0. The second kappa shape index (κ2) is 4.79. The van der Waals surface area contributed by atoms with E-state index in [1.54, 1.807) is 12.1 Å². The molecule has 23 heavy (non-hydrogen) atoms. The molecule has 5 nitrogen and oxygen atoms in total. The molecule has 118 valence electrons. The summed E-state index contributed by atoms with van der Waals surface area (Å²) in [6.45, 7) is 2.16. The van der Waals surface area contributed by atoms with Crippen molar-refractivity contribution in [3.8, 4) is 0 Å². The molecule has 0 aliphatic carbocycles. The Balaban J connectivity index is 2.14. The van der Waals surface area contributed by atoms with E-state index < -0.39 is 10.4 Å². The first-order valence-electron chi connectivity index (χ1n) is 7.42. The van der Waals surface area contributed by atoms with Crippen LogP contribution in [0.25, 0.3) is 21.5 Å². The normalized spacial score (nSPS) is 24.0. The van der Waals surface area contributed by atoms with Crippen LogP contribution >= 0.6 is 15.9 Å². The van der Waals surface area contributed by atoms with E-state index in [-0.39, 0.29) is 24.2 Å². The fourth-order valence-corrected chi connectivity index (χ4v) is 3.56. The smallest absolute Gasteiger partial charge is 0.273 e. The molecule has 2 aromatic carbocycles. The first-order chi connectivity index (χ1) is 10.9. The lowest BCUT2D eigenvalue weighted by Crippen LogP contribution is -2.54. The Morgan fingerprint density at radius 2 is 1.61 bits per heavy atom. The molecule has 0 amide bonds. The van der Waals surface area contributed by atoms with Crippen molar-refractivity contribution in [2.75, 3.05) is 0 Å². The Labute approximate surface area is 139 Å². The predicted molar refractivity (Wildman–Crippen MR) is 93.3 cm³/mol. The van der Waals surface area contributed by atoms with Gasteiger partial charge in [-0.3, -0.25) is 9.59 Å². The maximum atomic E-state index is 12.9. The van der Waals surface area contributed by atoms with Gasteiger partial charge < -0.3 is 5.11 Å². The van der Waals surface area contributed by atoms with Crippen LogP contribution in [0.4, 0.5) is 0 Å². The summed E-state index contributed by atoms with van der Waals surface area (Å²) < 4.78 is 2.15. The van der Waals surface area contributed by atoms with Crippen molar-refractivity contribution in [3.63, 3.8) is 0 Å². The third-order valence-electron chi connectivity index (χ3n) is 4.61. The van der Waals surface area contributed by atoms with Gasteiger partial charge in [0.05, 0.1) is 34.3 Å². The molecule has 1 unspecified atom stereocenters. The van der Waals surface area contributed by atoms with Crippen LogP contribution in [-0.4, -0.2) is 24.9 Å². The molecule has 0 saturated carbocycles. The molecule has 3 aromatic rings. The van der Waals surface area contributed by atoms with Crippen molar-refractivity contribution in [1.29, 1.82) is 0 Å². The van der Waals surface area contributed by atoms with Crippen LogP contribution in [0.15, 0.2) is 46.0 Å². The topological polar surface area (TPSA) is 64.2 Å². The molecular formula is C17H15BrN2O3. The molecule has 1 aliphatic heterocycles. The van der Waals surface area contributed by atoms with Crippen LogP contribution in [0, 0.1) is 0 Å². The van der Waals surface area contributed by atoms with Crippen LogP contribution in [0.3, 0.4) is 0 Å². The second-order valence-corrected chi connectivity index (χ2v) is 8.10. The van der Waals surface area contributed by atoms with Gasteiger partial charge in [-0.15, -0.1) is 0 Å². The zero-order chi connectivity index (χ0) is 16.4. The lowest BCUT2D eigenvalue weighted by molar-refractivity contribution is 0.0677. The quantitative estimate of drug-likeness (QED) is 0.482. The first kappa shape index (κ1) is 14.7. The maximum absolute atomic E-state index is 12.9. The number of aliphatic hydroxyl groups is 1. The molecule has 2 heterocycles. The Bertz CT molecular complexity index is 1070. The molecular weight excluding hydrogens is 360 g/mol. The van der Waals surface area contributed by atoms with E-state index in [9.17, 15) is 14.7 Å². The largest absolute Gasteiger partial charge is 0.390 e. The van der Waals surface area contributed by atoms with Crippen LogP contribution in [0.2, 0.25) is 0 Å². The number of benzene rings is 2. The fraction of sp³-hybridized carbons (Fsp3) is 0.294. The summed E-state index contributed by atoms with van der Waals surface area (Å²) in [5.41, 5.74) is -0.449. The third-order valence-corrected chi connectivity index (χ3v) is 5.39. The van der Waals surface area contributed by atoms with E-state index >= 15 is 0 Å². The maximum Gasteiger partial charge on any atom is 0.273 e. The van der Waals surface area contributed by atoms with Gasteiger partial charge in [0.1, 0.15) is 0 Å². The first-order valence-corrected chi connectivity index (χ1v) is 8.21. The zero-order valence-electron chi connectivity index (χ0n) is 12.5. The Morgan fingerprint density at radius 1 is 1.09 bits per heavy atom. The highest BCUT2D eigenvalue weighted by molar-refractivity contribution is 9.10. The monoisotopic (exact) mass is 374 g/mol. The van der Waals surface area contributed by atoms with E-state index in [4.69, 9.17) is 0 Å². The average molecular weight is 375 g/mol. The van der Waals surface area contributed by atoms with Gasteiger partial charge in [-0.05, 0) is 29.8 Å². The predicted octanol–water partition coefficient (Wildman–Crippen LogP) is 1.84. The summed E-state index contributed by atoms with van der Waals surface area (Å²) in [6.07, 6.45) is -0.738. The number of hydrogen-bond donors (Lipinski definition) is 1. The molecule has 1 aliphatic rings. The molecule has 0 radical (unpaired) electrons. The van der Waals surface area contributed by atoms with E-state index in [1.807, 2.05) is 31.2 Å². The molecule has 0 fully saturated rings. The number of halogens is 1. The SMILES string of the molecule is C[C@]1(Br)Cn2c(=O)c3cc4ccccc4cc3c(=O)n2CC1O. The van der Waals surface area contributed by atoms with Gasteiger partial charge >= 0.3 is 0 Å². The van der Waals surface area contributed by atoms with Gasteiger partial charge in [0.15, 0.2) is 0 Å². The van der Waals surface area contributed by atoms with Crippen molar-refractivity contribution in [2.24, 2.45) is 0 Å². The highest BCUT2D eigenvalue weighted by atomic mass is 79.9. The Hall–Kier alpha value is -1.92. The van der Waals surface area contributed by atoms with Crippen LogP contribution < -0.4 is 11.1 Å². The summed E-state index contributed by atoms with van der Waals surface area (Å²) in [5, 5.41) is 12.9. The summed E-state index contributed by atoms with van der Waals surface area (Å²) in [5.74, 6) is 0. The number of fused-ring (bicyclic) bond motifs is 3. The van der Waals surface area contributed by atoms with Gasteiger partial charge in [0, 0.05) is 0 Å². The number of aromatic nitrogens is 2. The van der Waals surface area contributed by atoms with Gasteiger partial charge in [0.2, 0.25) is 0 Å². The summed E-state index contributed by atoms with van der Waals surface area (Å²) >= 11 is 3.47. The molecule has 1 aromatic heterocycles. The minimum Gasteiger partial charge on any atom is -0.390 e. The van der Waals surface area contributed by atoms with Crippen molar-refractivity contribution in [2.45, 2.75) is 30.4 Å². The Kier molecular flexibility index (Phi) is 3.05. The summed E-state index contributed by atoms with van der Waals surface area (Å²) in [4.78, 5) is 25.7. The van der Waals surface area contributed by atoms with Gasteiger partial charge in [0.25, 0.3) is 11.1 Å². The summed E-state index contributed by atoms with van der Waals surface area (Å²) in [6, 6.07) is 11.2. The van der Waals surface area contributed by atoms with Crippen molar-refractivity contribution < 1.29 is 5.11 Å². The fourth-order valence-electron chi connectivity index (χ4n) is 3.18. The minimum atomic E-state index is -0.738. The van der Waals surface area contributed by atoms with E-state index in [0.717, 1.165) is 10.8 Å². The molecule has 2 atom stereocenters. The van der Waals surface area contributed by atoms with Gasteiger partial charge in [-0.2, -0.15) is 0 Å². The molecule has 6 heteroatoms. The Morgan fingerprint density at radius 3 is 2.17 bits per heavy atom. The number of nitrogens with zero attached hydrogens (tertiary/aromatic N) is 2. The number of aliphatic hydroxyl groups excluding tert-OH is 1. The van der Waals surface area contributed by atoms with Crippen LogP contribution in [-0.2, 0) is 13.1 Å². The zero-order valence-corrected chi connectivity index (χ0v) is 14.1. The lowest BCUT2D eigenvalue weighted by atomic mass is 10.0. The number of alkyl halides is 1. The lowest BCUT2D eigenvalue weighted by Gasteiger charge is -2.36. The molecule has 0 bridgehead atoms. The van der Waals surface area contributed by atoms with E-state index in [2.05, 4.69) is 15.9 Å². The van der Waals surface area contributed by atoms with Crippen LogP contribution in [0.1, 0.15) is 6.92 Å². The van der Waals surface area contributed by atoms with E-state index in [0.29, 0.717) is 10.8 Å². The second-order valence-electron chi connectivity index (χ2n) is 6.29. The molecule has 0 spiro atoms. The molecule has 1 N–H and O–H groups in total. The van der Waals surface area contributed by atoms with Crippen molar-refractivity contribution in [1.82, 2.24) is 9.36 Å². The van der Waals surface area contributed by atoms with Crippen molar-refractivity contribution >= 4 is 37.5 Å². The third kappa shape index (κ3) is 2.09. The van der Waals surface area contributed by atoms with Crippen LogP contribution in [0.5, 0.6) is 0 Å². The van der Waals surface area contributed by atoms with E-state index in [1.165, 1.54) is 9.36 Å².